The molecule has 0 fully saturated rings. The van der Waals surface area contributed by atoms with E-state index in [1.54, 1.807) is 49.6 Å². The Kier molecular flexibility index (Phi) is 5.92. The third kappa shape index (κ3) is 4.55. The number of para-hydroxylation sites is 1. The number of carboxylic acid groups (broad SMARTS) is 1. The first-order valence-corrected chi connectivity index (χ1v) is 8.37. The zero-order chi connectivity index (χ0) is 17.7. The van der Waals surface area contributed by atoms with E-state index in [4.69, 9.17) is 9.84 Å². The van der Waals surface area contributed by atoms with Crippen LogP contribution < -0.4 is 4.74 Å². The Morgan fingerprint density at radius 2 is 2.08 bits per heavy atom. The van der Waals surface area contributed by atoms with Gasteiger partial charge in [0.15, 0.2) is 0 Å². The molecule has 0 aliphatic heterocycles. The Morgan fingerprint density at radius 1 is 1.38 bits per heavy atom. The van der Waals surface area contributed by atoms with E-state index in [9.17, 15) is 9.59 Å². The first kappa shape index (κ1) is 17.9. The zero-order valence-electron chi connectivity index (χ0n) is 13.9. The number of aliphatic carboxylic acids is 1. The minimum atomic E-state index is -0.932. The second kappa shape index (κ2) is 7.92. The van der Waals surface area contributed by atoms with E-state index in [1.165, 1.54) is 4.90 Å². The number of benzene rings is 1. The van der Waals surface area contributed by atoms with Crippen molar-refractivity contribution in [1.82, 2.24) is 9.88 Å². The zero-order valence-corrected chi connectivity index (χ0v) is 14.7. The fourth-order valence-corrected chi connectivity index (χ4v) is 2.77. The Balaban J connectivity index is 2.09. The number of hydrogen-bond donors (Lipinski definition) is 1. The van der Waals surface area contributed by atoms with Gasteiger partial charge in [-0.15, -0.1) is 11.3 Å². The van der Waals surface area contributed by atoms with Crippen LogP contribution in [0.15, 0.2) is 29.6 Å². The molecule has 0 radical (unpaired) electrons. The van der Waals surface area contributed by atoms with Gasteiger partial charge in [-0.1, -0.05) is 19.1 Å². The number of ether oxygens (including phenoxy) is 1. The van der Waals surface area contributed by atoms with Crippen LogP contribution in [-0.2, 0) is 11.4 Å². The molecule has 24 heavy (non-hydrogen) atoms. The molecule has 2 aromatic rings. The van der Waals surface area contributed by atoms with Crippen LogP contribution in [0.4, 0.5) is 0 Å². The molecule has 2 rings (SSSR count). The van der Waals surface area contributed by atoms with Crippen LogP contribution in [0.3, 0.4) is 0 Å². The van der Waals surface area contributed by atoms with Crippen molar-refractivity contribution in [1.29, 1.82) is 0 Å². The first-order valence-electron chi connectivity index (χ1n) is 7.49. The Labute approximate surface area is 144 Å². The predicted octanol–water partition coefficient (Wildman–Crippen LogP) is 2.82. The molecule has 7 heteroatoms. The van der Waals surface area contributed by atoms with E-state index in [1.807, 2.05) is 12.3 Å². The number of nitrogens with zero attached hydrogens (tertiary/aromatic N) is 2. The largest absolute Gasteiger partial charge is 0.486 e. The highest BCUT2D eigenvalue weighted by molar-refractivity contribution is 7.09. The van der Waals surface area contributed by atoms with E-state index in [0.29, 0.717) is 11.3 Å². The standard InChI is InChI=1S/C17H20N2O4S/c1-11(17(21)22)8-19(3)16(20)14-6-4-5-7-15(14)23-9-13-10-24-12(2)18-13/h4-7,10-11H,8-9H2,1-3H3,(H,21,22). The van der Waals surface area contributed by atoms with E-state index in [0.717, 1.165) is 10.7 Å². The SMILES string of the molecule is Cc1nc(COc2ccccc2C(=O)N(C)CC(C)C(=O)O)cs1. The van der Waals surface area contributed by atoms with Gasteiger partial charge in [-0.25, -0.2) is 4.98 Å². The normalized spacial score (nSPS) is 11.8. The van der Waals surface area contributed by atoms with Gasteiger partial charge < -0.3 is 14.7 Å². The van der Waals surface area contributed by atoms with Crippen molar-refractivity contribution in [2.45, 2.75) is 20.5 Å². The van der Waals surface area contributed by atoms with Crippen LogP contribution in [0, 0.1) is 12.8 Å². The van der Waals surface area contributed by atoms with Gasteiger partial charge in [0.25, 0.3) is 5.91 Å². The summed E-state index contributed by atoms with van der Waals surface area (Å²) in [4.78, 5) is 29.3. The maximum absolute atomic E-state index is 12.6. The average molecular weight is 348 g/mol. The van der Waals surface area contributed by atoms with Crippen molar-refractivity contribution in [3.05, 3.63) is 45.9 Å². The number of thiazole rings is 1. The monoisotopic (exact) mass is 348 g/mol. The van der Waals surface area contributed by atoms with Gasteiger partial charge in [-0.2, -0.15) is 0 Å². The summed E-state index contributed by atoms with van der Waals surface area (Å²) in [6.45, 7) is 3.90. The Hall–Kier alpha value is -2.41. The molecular formula is C17H20N2O4S. The molecule has 0 aliphatic carbocycles. The van der Waals surface area contributed by atoms with Gasteiger partial charge in [-0.3, -0.25) is 9.59 Å². The number of carbonyl (C=O) groups excluding carboxylic acids is 1. The Morgan fingerprint density at radius 3 is 2.71 bits per heavy atom. The lowest BCUT2D eigenvalue weighted by molar-refractivity contribution is -0.141. The van der Waals surface area contributed by atoms with Crippen LogP contribution in [0.5, 0.6) is 5.75 Å². The number of aryl methyl sites for hydroxylation is 1. The average Bonchev–Trinajstić information content (AvgIpc) is 2.97. The highest BCUT2D eigenvalue weighted by Gasteiger charge is 2.21. The molecule has 1 aromatic heterocycles. The van der Waals surface area contributed by atoms with Crippen LogP contribution in [-0.4, -0.2) is 40.5 Å². The summed E-state index contributed by atoms with van der Waals surface area (Å²) in [5.74, 6) is -1.38. The van der Waals surface area contributed by atoms with Crippen molar-refractivity contribution in [3.8, 4) is 5.75 Å². The number of carbonyl (C=O) groups is 2. The van der Waals surface area contributed by atoms with Crippen LogP contribution in [0.1, 0.15) is 28.0 Å². The van der Waals surface area contributed by atoms with Crippen molar-refractivity contribution >= 4 is 23.2 Å². The fourth-order valence-electron chi connectivity index (χ4n) is 2.17. The first-order chi connectivity index (χ1) is 11.4. The molecule has 1 aromatic carbocycles. The van der Waals surface area contributed by atoms with Crippen molar-refractivity contribution < 1.29 is 19.4 Å². The van der Waals surface area contributed by atoms with Gasteiger partial charge in [-0.05, 0) is 19.1 Å². The van der Waals surface area contributed by atoms with Crippen molar-refractivity contribution in [2.75, 3.05) is 13.6 Å². The molecule has 1 amide bonds. The summed E-state index contributed by atoms with van der Waals surface area (Å²) in [7, 11) is 1.59. The number of hydrogen-bond acceptors (Lipinski definition) is 5. The van der Waals surface area contributed by atoms with Crippen molar-refractivity contribution in [3.63, 3.8) is 0 Å². The molecule has 1 atom stereocenters. The van der Waals surface area contributed by atoms with E-state index >= 15 is 0 Å². The molecule has 0 aliphatic rings. The third-order valence-corrected chi connectivity index (χ3v) is 4.30. The van der Waals surface area contributed by atoms with E-state index < -0.39 is 11.9 Å². The summed E-state index contributed by atoms with van der Waals surface area (Å²) in [6, 6.07) is 6.94. The van der Waals surface area contributed by atoms with E-state index in [-0.39, 0.29) is 19.1 Å². The summed E-state index contributed by atoms with van der Waals surface area (Å²) in [5.41, 5.74) is 1.22. The highest BCUT2D eigenvalue weighted by Crippen LogP contribution is 2.21. The molecular weight excluding hydrogens is 328 g/mol. The highest BCUT2D eigenvalue weighted by atomic mass is 32.1. The third-order valence-electron chi connectivity index (χ3n) is 3.48. The maximum Gasteiger partial charge on any atom is 0.308 e. The lowest BCUT2D eigenvalue weighted by Gasteiger charge is -2.20. The second-order valence-corrected chi connectivity index (χ2v) is 6.63. The molecule has 1 N–H and O–H groups in total. The maximum atomic E-state index is 12.6. The van der Waals surface area contributed by atoms with Gasteiger partial charge in [0.2, 0.25) is 0 Å². The van der Waals surface area contributed by atoms with Crippen LogP contribution in [0.25, 0.3) is 0 Å². The summed E-state index contributed by atoms with van der Waals surface area (Å²) < 4.78 is 5.74. The lowest BCUT2D eigenvalue weighted by atomic mass is 10.1. The summed E-state index contributed by atoms with van der Waals surface area (Å²) in [5, 5.41) is 11.9. The molecule has 0 bridgehead atoms. The number of carboxylic acids is 1. The minimum Gasteiger partial charge on any atom is -0.486 e. The molecule has 0 saturated carbocycles. The Bertz CT molecular complexity index is 729. The number of aromatic nitrogens is 1. The predicted molar refractivity (Wildman–Crippen MR) is 91.4 cm³/mol. The van der Waals surface area contributed by atoms with E-state index in [2.05, 4.69) is 4.98 Å². The quantitative estimate of drug-likeness (QED) is 0.832. The van der Waals surface area contributed by atoms with Gasteiger partial charge in [0, 0.05) is 19.0 Å². The lowest BCUT2D eigenvalue weighted by Crippen LogP contribution is -2.33. The molecule has 1 unspecified atom stereocenters. The smallest absolute Gasteiger partial charge is 0.308 e. The van der Waals surface area contributed by atoms with Gasteiger partial charge >= 0.3 is 5.97 Å². The minimum absolute atomic E-state index is 0.133. The topological polar surface area (TPSA) is 79.7 Å². The fraction of sp³-hybridized carbons (Fsp3) is 0.353. The molecule has 128 valence electrons. The van der Waals surface area contributed by atoms with Gasteiger partial charge in [0.1, 0.15) is 12.4 Å². The summed E-state index contributed by atoms with van der Waals surface area (Å²) in [6.07, 6.45) is 0. The summed E-state index contributed by atoms with van der Waals surface area (Å²) >= 11 is 1.54. The molecule has 6 nitrogen and oxygen atoms in total. The molecule has 0 saturated heterocycles. The van der Waals surface area contributed by atoms with Gasteiger partial charge in [0.05, 0.1) is 22.2 Å². The molecule has 0 spiro atoms. The second-order valence-electron chi connectivity index (χ2n) is 5.57. The van der Waals surface area contributed by atoms with Crippen molar-refractivity contribution in [2.24, 2.45) is 5.92 Å². The number of amides is 1. The van der Waals surface area contributed by atoms with Crippen LogP contribution in [0.2, 0.25) is 0 Å². The molecule has 1 heterocycles. The van der Waals surface area contributed by atoms with Crippen LogP contribution >= 0.6 is 11.3 Å². The number of rotatable bonds is 7.